The summed E-state index contributed by atoms with van der Waals surface area (Å²) in [6.45, 7) is 2.19. The quantitative estimate of drug-likeness (QED) is 0.644. The first kappa shape index (κ1) is 9.90. The number of thiocarbonyl (C=S) groups is 1. The summed E-state index contributed by atoms with van der Waals surface area (Å²) in [5.74, 6) is 0.0550. The summed E-state index contributed by atoms with van der Waals surface area (Å²) in [6, 6.07) is -0.102. The molecule has 2 aliphatic rings. The number of hydrogen-bond donors (Lipinski definition) is 2. The Labute approximate surface area is 89.6 Å². The molecule has 1 saturated heterocycles. The standard InChI is InChI=1S/C10H16N2OS/c1-10(5-3-2-4-6-10)7-8(13)12-9(14)11-7/h7H,2-6H2,1H3,(H2,11,12,13,14). The largest absolute Gasteiger partial charge is 0.350 e. The van der Waals surface area contributed by atoms with Crippen molar-refractivity contribution in [2.75, 3.05) is 0 Å². The molecule has 0 radical (unpaired) electrons. The van der Waals surface area contributed by atoms with E-state index in [9.17, 15) is 4.79 Å². The van der Waals surface area contributed by atoms with Crippen LogP contribution in [0.4, 0.5) is 0 Å². The SMILES string of the molecule is CC1(C2NC(=S)NC2=O)CCCCC1. The van der Waals surface area contributed by atoms with Gasteiger partial charge in [0.25, 0.3) is 0 Å². The van der Waals surface area contributed by atoms with Crippen LogP contribution < -0.4 is 10.6 Å². The lowest BCUT2D eigenvalue weighted by molar-refractivity contribution is -0.123. The summed E-state index contributed by atoms with van der Waals surface area (Å²) in [5.41, 5.74) is 0.100. The molecule has 0 aromatic rings. The van der Waals surface area contributed by atoms with Crippen molar-refractivity contribution < 1.29 is 4.79 Å². The van der Waals surface area contributed by atoms with Crippen LogP contribution in [0.15, 0.2) is 0 Å². The molecule has 1 aliphatic carbocycles. The Hall–Kier alpha value is -0.640. The molecule has 2 fully saturated rings. The van der Waals surface area contributed by atoms with Gasteiger partial charge in [-0.15, -0.1) is 0 Å². The average Bonchev–Trinajstić information content (AvgIpc) is 2.47. The zero-order chi connectivity index (χ0) is 10.2. The predicted molar refractivity (Wildman–Crippen MR) is 58.9 cm³/mol. The van der Waals surface area contributed by atoms with Gasteiger partial charge in [0.15, 0.2) is 5.11 Å². The van der Waals surface area contributed by atoms with Gasteiger partial charge in [-0.3, -0.25) is 4.79 Å². The highest BCUT2D eigenvalue weighted by atomic mass is 32.1. The zero-order valence-corrected chi connectivity index (χ0v) is 9.25. The van der Waals surface area contributed by atoms with Gasteiger partial charge in [0.05, 0.1) is 0 Å². The van der Waals surface area contributed by atoms with Crippen LogP contribution in [-0.4, -0.2) is 17.1 Å². The fourth-order valence-corrected chi connectivity index (χ4v) is 2.77. The highest BCUT2D eigenvalue weighted by molar-refractivity contribution is 7.80. The third-order valence-corrected chi connectivity index (χ3v) is 3.69. The van der Waals surface area contributed by atoms with Crippen molar-refractivity contribution in [2.45, 2.75) is 45.1 Å². The summed E-state index contributed by atoms with van der Waals surface area (Å²) < 4.78 is 0. The van der Waals surface area contributed by atoms with Gasteiger partial charge in [-0.2, -0.15) is 0 Å². The van der Waals surface area contributed by atoms with Crippen LogP contribution in [-0.2, 0) is 4.79 Å². The number of hydrogen-bond acceptors (Lipinski definition) is 2. The molecule has 0 aromatic carbocycles. The Balaban J connectivity index is 2.12. The second-order valence-corrected chi connectivity index (χ2v) is 5.02. The Morgan fingerprint density at radius 1 is 1.36 bits per heavy atom. The van der Waals surface area contributed by atoms with Gasteiger partial charge in [0.1, 0.15) is 6.04 Å². The van der Waals surface area contributed by atoms with Gasteiger partial charge in [-0.25, -0.2) is 0 Å². The van der Waals surface area contributed by atoms with Crippen LogP contribution in [0, 0.1) is 5.41 Å². The van der Waals surface area contributed by atoms with Crippen LogP contribution in [0.5, 0.6) is 0 Å². The van der Waals surface area contributed by atoms with Gasteiger partial charge in [0.2, 0.25) is 5.91 Å². The van der Waals surface area contributed by atoms with Crippen LogP contribution in [0.1, 0.15) is 39.0 Å². The molecule has 2 rings (SSSR count). The maximum atomic E-state index is 11.6. The van der Waals surface area contributed by atoms with E-state index in [2.05, 4.69) is 17.6 Å². The molecule has 1 aliphatic heterocycles. The molecule has 1 heterocycles. The van der Waals surface area contributed by atoms with Crippen LogP contribution in [0.2, 0.25) is 0 Å². The number of nitrogens with one attached hydrogen (secondary N) is 2. The molecule has 14 heavy (non-hydrogen) atoms. The molecular weight excluding hydrogens is 196 g/mol. The molecule has 1 unspecified atom stereocenters. The molecule has 1 atom stereocenters. The third kappa shape index (κ3) is 1.63. The Morgan fingerprint density at radius 2 is 2.00 bits per heavy atom. The highest BCUT2D eigenvalue weighted by Gasteiger charge is 2.43. The van der Waals surface area contributed by atoms with E-state index in [4.69, 9.17) is 12.2 Å². The van der Waals surface area contributed by atoms with E-state index in [1.54, 1.807) is 0 Å². The maximum absolute atomic E-state index is 11.6. The summed E-state index contributed by atoms with van der Waals surface area (Å²) >= 11 is 4.95. The third-order valence-electron chi connectivity index (χ3n) is 3.47. The minimum Gasteiger partial charge on any atom is -0.350 e. The zero-order valence-electron chi connectivity index (χ0n) is 8.43. The molecule has 78 valence electrons. The van der Waals surface area contributed by atoms with Crippen LogP contribution in [0.25, 0.3) is 0 Å². The maximum Gasteiger partial charge on any atom is 0.249 e. The number of rotatable bonds is 1. The number of carbonyl (C=O) groups excluding carboxylic acids is 1. The fourth-order valence-electron chi connectivity index (χ4n) is 2.56. The van der Waals surface area contributed by atoms with E-state index >= 15 is 0 Å². The van der Waals surface area contributed by atoms with E-state index in [1.165, 1.54) is 19.3 Å². The van der Waals surface area contributed by atoms with Crippen LogP contribution >= 0.6 is 12.2 Å². The lowest BCUT2D eigenvalue weighted by atomic mass is 9.70. The van der Waals surface area contributed by atoms with Crippen molar-refractivity contribution in [1.82, 2.24) is 10.6 Å². The minimum atomic E-state index is -0.102. The molecule has 1 amide bonds. The fraction of sp³-hybridized carbons (Fsp3) is 0.800. The number of carbonyl (C=O) groups is 1. The number of amides is 1. The van der Waals surface area contributed by atoms with E-state index in [-0.39, 0.29) is 17.4 Å². The van der Waals surface area contributed by atoms with E-state index in [1.807, 2.05) is 0 Å². The first-order valence-corrected chi connectivity index (χ1v) is 5.64. The molecule has 0 bridgehead atoms. The summed E-state index contributed by atoms with van der Waals surface area (Å²) in [4.78, 5) is 11.6. The molecule has 1 saturated carbocycles. The second-order valence-electron chi connectivity index (χ2n) is 4.61. The minimum absolute atomic E-state index is 0.0550. The smallest absolute Gasteiger partial charge is 0.249 e. The molecule has 0 spiro atoms. The molecule has 3 nitrogen and oxygen atoms in total. The lowest BCUT2D eigenvalue weighted by Gasteiger charge is -2.37. The van der Waals surface area contributed by atoms with Crippen LogP contribution in [0.3, 0.4) is 0 Å². The van der Waals surface area contributed by atoms with Crippen molar-refractivity contribution in [3.8, 4) is 0 Å². The Morgan fingerprint density at radius 3 is 2.50 bits per heavy atom. The van der Waals surface area contributed by atoms with Gasteiger partial charge in [-0.05, 0) is 30.5 Å². The molecule has 2 N–H and O–H groups in total. The average molecular weight is 212 g/mol. The van der Waals surface area contributed by atoms with Crippen molar-refractivity contribution >= 4 is 23.2 Å². The highest BCUT2D eigenvalue weighted by Crippen LogP contribution is 2.39. The van der Waals surface area contributed by atoms with E-state index in [0.717, 1.165) is 12.8 Å². The summed E-state index contributed by atoms with van der Waals surface area (Å²) in [6.07, 6.45) is 6.01. The Bertz CT molecular complexity index is 271. The first-order valence-electron chi connectivity index (χ1n) is 5.23. The lowest BCUT2D eigenvalue weighted by Crippen LogP contribution is -2.45. The van der Waals surface area contributed by atoms with Gasteiger partial charge in [-0.1, -0.05) is 26.2 Å². The Kier molecular flexibility index (Phi) is 2.47. The molecule has 4 heteroatoms. The van der Waals surface area contributed by atoms with Crippen molar-refractivity contribution in [3.05, 3.63) is 0 Å². The monoisotopic (exact) mass is 212 g/mol. The van der Waals surface area contributed by atoms with E-state index in [0.29, 0.717) is 5.11 Å². The predicted octanol–water partition coefficient (Wildman–Crippen LogP) is 1.33. The summed E-state index contributed by atoms with van der Waals surface area (Å²) in [5, 5.41) is 6.25. The van der Waals surface area contributed by atoms with Gasteiger partial charge >= 0.3 is 0 Å². The second kappa shape index (κ2) is 3.50. The first-order chi connectivity index (χ1) is 6.62. The van der Waals surface area contributed by atoms with Gasteiger partial charge < -0.3 is 10.6 Å². The van der Waals surface area contributed by atoms with E-state index < -0.39 is 0 Å². The molecular formula is C10H16N2OS. The van der Waals surface area contributed by atoms with Crippen molar-refractivity contribution in [2.24, 2.45) is 5.41 Å². The molecule has 0 aromatic heterocycles. The topological polar surface area (TPSA) is 41.1 Å². The normalized spacial score (nSPS) is 31.1. The van der Waals surface area contributed by atoms with Crippen molar-refractivity contribution in [1.29, 1.82) is 0 Å². The van der Waals surface area contributed by atoms with Gasteiger partial charge in [0, 0.05) is 0 Å². The van der Waals surface area contributed by atoms with Crippen molar-refractivity contribution in [3.63, 3.8) is 0 Å². The summed E-state index contributed by atoms with van der Waals surface area (Å²) in [7, 11) is 0.